The number of aromatic nitrogens is 2. The average Bonchev–Trinajstić information content (AvgIpc) is 3.14. The molecular weight excluding hydrogens is 318 g/mol. The average molecular weight is 341 g/mol. The van der Waals surface area contributed by atoms with Crippen molar-refractivity contribution in [3.8, 4) is 0 Å². The number of carbonyl (C=O) groups is 2. The Bertz CT molecular complexity index is 768. The molecule has 132 valence electrons. The number of ether oxygens (including phenoxy) is 1. The molecule has 2 heterocycles. The minimum Gasteiger partial charge on any atom is -0.465 e. The third kappa shape index (κ3) is 3.16. The molecule has 0 bridgehead atoms. The Morgan fingerprint density at radius 3 is 2.72 bits per heavy atom. The van der Waals surface area contributed by atoms with Gasteiger partial charge in [0.2, 0.25) is 5.91 Å². The van der Waals surface area contributed by atoms with E-state index in [2.05, 4.69) is 11.2 Å². The summed E-state index contributed by atoms with van der Waals surface area (Å²) in [6.45, 7) is 6.20. The minimum atomic E-state index is -1.21. The molecule has 2 aromatic rings. The fourth-order valence-electron chi connectivity index (χ4n) is 3.22. The summed E-state index contributed by atoms with van der Waals surface area (Å²) in [6, 6.07) is 9.84. The first-order valence-corrected chi connectivity index (χ1v) is 8.48. The van der Waals surface area contributed by atoms with Crippen LogP contribution in [-0.2, 0) is 20.9 Å². The lowest BCUT2D eigenvalue weighted by atomic mass is 9.88. The monoisotopic (exact) mass is 341 g/mol. The second-order valence-electron chi connectivity index (χ2n) is 6.73. The summed E-state index contributed by atoms with van der Waals surface area (Å²) in [5.41, 5.74) is 1.02. The summed E-state index contributed by atoms with van der Waals surface area (Å²) >= 11 is 0. The summed E-state index contributed by atoms with van der Waals surface area (Å²) in [7, 11) is 0. The van der Waals surface area contributed by atoms with Gasteiger partial charge in [-0.1, -0.05) is 24.3 Å². The summed E-state index contributed by atoms with van der Waals surface area (Å²) in [5, 5.41) is 4.35. The van der Waals surface area contributed by atoms with Crippen LogP contribution in [0.5, 0.6) is 0 Å². The van der Waals surface area contributed by atoms with E-state index >= 15 is 0 Å². The lowest BCUT2D eigenvalue weighted by Crippen LogP contribution is -2.49. The van der Waals surface area contributed by atoms with Crippen LogP contribution in [0, 0.1) is 5.41 Å². The van der Waals surface area contributed by atoms with Crippen molar-refractivity contribution in [2.24, 2.45) is 5.41 Å². The Labute approximate surface area is 147 Å². The van der Waals surface area contributed by atoms with Crippen molar-refractivity contribution in [1.29, 1.82) is 0 Å². The molecule has 0 saturated carbocycles. The number of fused-ring (bicyclic) bond motifs is 1. The highest BCUT2D eigenvalue weighted by Crippen LogP contribution is 2.32. The van der Waals surface area contributed by atoms with Crippen molar-refractivity contribution >= 4 is 11.9 Å². The molecular formula is C19H23N3O3. The smallest absolute Gasteiger partial charge is 0.321 e. The fraction of sp³-hybridized carbons (Fsp3) is 0.421. The molecule has 6 heteroatoms. The normalized spacial score (nSPS) is 17.1. The Balaban J connectivity index is 1.92. The van der Waals surface area contributed by atoms with Gasteiger partial charge in [0, 0.05) is 25.5 Å². The van der Waals surface area contributed by atoms with Gasteiger partial charge in [0.05, 0.1) is 12.6 Å². The van der Waals surface area contributed by atoms with Crippen molar-refractivity contribution in [3.05, 3.63) is 53.9 Å². The minimum absolute atomic E-state index is 0.0677. The van der Waals surface area contributed by atoms with Gasteiger partial charge in [-0.3, -0.25) is 14.3 Å². The first kappa shape index (κ1) is 17.2. The van der Waals surface area contributed by atoms with Gasteiger partial charge in [0.25, 0.3) is 0 Å². The zero-order chi connectivity index (χ0) is 18.0. The maximum atomic E-state index is 13.1. The molecule has 1 unspecified atom stereocenters. The van der Waals surface area contributed by atoms with E-state index in [0.717, 1.165) is 11.1 Å². The lowest BCUT2D eigenvalue weighted by molar-refractivity contribution is -0.163. The molecule has 1 aromatic carbocycles. The number of hydrogen-bond acceptors (Lipinski definition) is 4. The van der Waals surface area contributed by atoms with Gasteiger partial charge < -0.3 is 9.64 Å². The Kier molecular flexibility index (Phi) is 4.61. The van der Waals surface area contributed by atoms with Gasteiger partial charge in [0.1, 0.15) is 5.41 Å². The number of benzene rings is 1. The number of nitrogens with zero attached hydrogens (tertiary/aromatic N) is 3. The van der Waals surface area contributed by atoms with E-state index in [9.17, 15) is 9.59 Å². The summed E-state index contributed by atoms with van der Waals surface area (Å²) in [4.78, 5) is 27.0. The topological polar surface area (TPSA) is 64.4 Å². The predicted octanol–water partition coefficient (Wildman–Crippen LogP) is 2.40. The first-order chi connectivity index (χ1) is 11.9. The molecule has 3 rings (SSSR count). The van der Waals surface area contributed by atoms with Gasteiger partial charge in [-0.15, -0.1) is 0 Å². The van der Waals surface area contributed by atoms with Gasteiger partial charge in [0.15, 0.2) is 0 Å². The van der Waals surface area contributed by atoms with E-state index in [1.54, 1.807) is 31.9 Å². The summed E-state index contributed by atoms with van der Waals surface area (Å²) in [6.07, 6.45) is 3.62. The number of hydrogen-bond donors (Lipinski definition) is 0. The molecule has 1 aliphatic rings. The van der Waals surface area contributed by atoms with Crippen molar-refractivity contribution in [1.82, 2.24) is 14.7 Å². The Morgan fingerprint density at radius 1 is 1.28 bits per heavy atom. The van der Waals surface area contributed by atoms with Crippen LogP contribution in [0.1, 0.15) is 37.9 Å². The van der Waals surface area contributed by atoms with Crippen LogP contribution in [-0.4, -0.2) is 39.7 Å². The van der Waals surface area contributed by atoms with Gasteiger partial charge in [-0.25, -0.2) is 0 Å². The van der Waals surface area contributed by atoms with Gasteiger partial charge >= 0.3 is 5.97 Å². The van der Waals surface area contributed by atoms with E-state index in [4.69, 9.17) is 4.74 Å². The van der Waals surface area contributed by atoms with Crippen molar-refractivity contribution in [2.45, 2.75) is 33.4 Å². The van der Waals surface area contributed by atoms with Crippen molar-refractivity contribution in [3.63, 3.8) is 0 Å². The molecule has 0 aliphatic carbocycles. The van der Waals surface area contributed by atoms with Crippen LogP contribution in [0.15, 0.2) is 42.7 Å². The molecule has 0 saturated heterocycles. The highest BCUT2D eigenvalue weighted by Gasteiger charge is 2.42. The van der Waals surface area contributed by atoms with Crippen LogP contribution in [0.3, 0.4) is 0 Å². The van der Waals surface area contributed by atoms with Crippen molar-refractivity contribution < 1.29 is 14.3 Å². The predicted molar refractivity (Wildman–Crippen MR) is 92.6 cm³/mol. The van der Waals surface area contributed by atoms with Crippen LogP contribution >= 0.6 is 0 Å². The lowest BCUT2D eigenvalue weighted by Gasteiger charge is -2.38. The van der Waals surface area contributed by atoms with Crippen LogP contribution in [0.2, 0.25) is 0 Å². The largest absolute Gasteiger partial charge is 0.465 e. The number of amides is 1. The molecule has 0 spiro atoms. The second-order valence-corrected chi connectivity index (χ2v) is 6.73. The van der Waals surface area contributed by atoms with E-state index in [0.29, 0.717) is 13.1 Å². The van der Waals surface area contributed by atoms with E-state index in [1.807, 2.05) is 35.1 Å². The van der Waals surface area contributed by atoms with E-state index in [1.165, 1.54) is 0 Å². The Morgan fingerprint density at radius 2 is 2.04 bits per heavy atom. The van der Waals surface area contributed by atoms with Crippen LogP contribution in [0.4, 0.5) is 0 Å². The molecule has 0 N–H and O–H groups in total. The number of esters is 1. The number of carbonyl (C=O) groups excluding carboxylic acids is 2. The SMILES string of the molecule is CCOC(=O)C(C)(C)C(=O)N1Cc2ccccc2C(n2cccn2)C1. The maximum Gasteiger partial charge on any atom is 0.321 e. The zero-order valence-electron chi connectivity index (χ0n) is 14.8. The molecule has 1 amide bonds. The molecule has 25 heavy (non-hydrogen) atoms. The highest BCUT2D eigenvalue weighted by atomic mass is 16.5. The second kappa shape index (κ2) is 6.70. The standard InChI is InChI=1S/C19H23N3O3/c1-4-25-18(24)19(2,3)17(23)21-12-14-8-5-6-9-15(14)16(13-21)22-11-7-10-20-22/h5-11,16H,4,12-13H2,1-3H3. The zero-order valence-corrected chi connectivity index (χ0v) is 14.8. The molecule has 1 aromatic heterocycles. The third-order valence-corrected chi connectivity index (χ3v) is 4.62. The van der Waals surface area contributed by atoms with Crippen LogP contribution in [0.25, 0.3) is 0 Å². The maximum absolute atomic E-state index is 13.1. The van der Waals surface area contributed by atoms with Crippen molar-refractivity contribution in [2.75, 3.05) is 13.2 Å². The molecule has 6 nitrogen and oxygen atoms in total. The van der Waals surface area contributed by atoms with E-state index < -0.39 is 11.4 Å². The molecule has 1 aliphatic heterocycles. The molecule has 1 atom stereocenters. The summed E-state index contributed by atoms with van der Waals surface area (Å²) < 4.78 is 6.94. The van der Waals surface area contributed by atoms with Gasteiger partial charge in [-0.05, 0) is 38.0 Å². The Hall–Kier alpha value is -2.63. The number of rotatable bonds is 4. The summed E-state index contributed by atoms with van der Waals surface area (Å²) in [5.74, 6) is -0.716. The van der Waals surface area contributed by atoms with Crippen LogP contribution < -0.4 is 0 Å². The molecule has 0 radical (unpaired) electrons. The van der Waals surface area contributed by atoms with Gasteiger partial charge in [-0.2, -0.15) is 5.10 Å². The van der Waals surface area contributed by atoms with E-state index in [-0.39, 0.29) is 18.6 Å². The fourth-order valence-corrected chi connectivity index (χ4v) is 3.22. The first-order valence-electron chi connectivity index (χ1n) is 8.48. The third-order valence-electron chi connectivity index (χ3n) is 4.62. The molecule has 0 fully saturated rings. The quantitative estimate of drug-likeness (QED) is 0.633. The highest BCUT2D eigenvalue weighted by molar-refractivity contribution is 6.01.